The summed E-state index contributed by atoms with van der Waals surface area (Å²) in [6.45, 7) is 4.17. The summed E-state index contributed by atoms with van der Waals surface area (Å²) >= 11 is 0. The van der Waals surface area contributed by atoms with Crippen molar-refractivity contribution in [2.75, 3.05) is 6.26 Å². The van der Waals surface area contributed by atoms with Gasteiger partial charge in [0.05, 0.1) is 5.25 Å². The Morgan fingerprint density at radius 2 is 1.62 bits per heavy atom. The first-order valence-electron chi connectivity index (χ1n) is 5.21. The van der Waals surface area contributed by atoms with Crippen LogP contribution in [0.2, 0.25) is 0 Å². The zero-order valence-electron chi connectivity index (χ0n) is 9.04. The van der Waals surface area contributed by atoms with E-state index in [4.69, 9.17) is 0 Å². The van der Waals surface area contributed by atoms with E-state index in [0.29, 0.717) is 0 Å². The Morgan fingerprint density at radius 3 is 2.00 bits per heavy atom. The highest BCUT2D eigenvalue weighted by molar-refractivity contribution is 7.91. The molecule has 0 saturated heterocycles. The molecule has 80 valence electrons. The van der Waals surface area contributed by atoms with Crippen molar-refractivity contribution in [2.24, 2.45) is 0 Å². The Morgan fingerprint density at radius 1 is 1.00 bits per heavy atom. The molecule has 0 saturated carbocycles. The molecular formula is C10H22O2S. The summed E-state index contributed by atoms with van der Waals surface area (Å²) in [6, 6.07) is 0. The standard InChI is InChI=1S/C10H22O2S/c1-4-6-7-9-10(8-5-2)13(3,11)12/h10H,4-9H2,1-3H3. The van der Waals surface area contributed by atoms with Crippen molar-refractivity contribution in [3.8, 4) is 0 Å². The first kappa shape index (κ1) is 12.9. The highest BCUT2D eigenvalue weighted by atomic mass is 32.2. The Kier molecular flexibility index (Phi) is 6.39. The summed E-state index contributed by atoms with van der Waals surface area (Å²) in [5.41, 5.74) is 0. The maximum Gasteiger partial charge on any atom is 0.150 e. The molecule has 0 aliphatic heterocycles. The highest BCUT2D eigenvalue weighted by Gasteiger charge is 2.18. The highest BCUT2D eigenvalue weighted by Crippen LogP contribution is 2.15. The van der Waals surface area contributed by atoms with Crippen molar-refractivity contribution < 1.29 is 8.42 Å². The summed E-state index contributed by atoms with van der Waals surface area (Å²) in [7, 11) is -2.81. The van der Waals surface area contributed by atoms with Crippen molar-refractivity contribution >= 4 is 9.84 Å². The second-order valence-corrected chi connectivity index (χ2v) is 6.06. The number of rotatable bonds is 7. The minimum Gasteiger partial charge on any atom is -0.229 e. The maximum atomic E-state index is 11.3. The molecule has 0 aromatic rings. The smallest absolute Gasteiger partial charge is 0.150 e. The van der Waals surface area contributed by atoms with Crippen LogP contribution < -0.4 is 0 Å². The van der Waals surface area contributed by atoms with Gasteiger partial charge in [0.2, 0.25) is 0 Å². The van der Waals surface area contributed by atoms with Crippen LogP contribution in [-0.4, -0.2) is 19.9 Å². The average Bonchev–Trinajstić information content (AvgIpc) is 2.01. The molecule has 0 bridgehead atoms. The first-order valence-corrected chi connectivity index (χ1v) is 7.16. The monoisotopic (exact) mass is 206 g/mol. The molecule has 0 rings (SSSR count). The second-order valence-electron chi connectivity index (χ2n) is 3.74. The number of hydrogen-bond donors (Lipinski definition) is 0. The molecular weight excluding hydrogens is 184 g/mol. The Balaban J connectivity index is 3.96. The van der Waals surface area contributed by atoms with Crippen LogP contribution in [0, 0.1) is 0 Å². The molecule has 0 aliphatic rings. The molecule has 0 amide bonds. The first-order chi connectivity index (χ1) is 6.02. The average molecular weight is 206 g/mol. The quantitative estimate of drug-likeness (QED) is 0.600. The van der Waals surface area contributed by atoms with Crippen molar-refractivity contribution in [1.82, 2.24) is 0 Å². The fourth-order valence-electron chi connectivity index (χ4n) is 1.52. The zero-order valence-corrected chi connectivity index (χ0v) is 9.86. The van der Waals surface area contributed by atoms with Crippen molar-refractivity contribution in [3.05, 3.63) is 0 Å². The summed E-state index contributed by atoms with van der Waals surface area (Å²) in [5, 5.41) is -0.0935. The molecule has 3 heteroatoms. The topological polar surface area (TPSA) is 34.1 Å². The molecule has 0 N–H and O–H groups in total. The third-order valence-electron chi connectivity index (χ3n) is 2.35. The Bertz CT molecular complexity index is 207. The van der Waals surface area contributed by atoms with E-state index in [1.54, 1.807) is 0 Å². The second kappa shape index (κ2) is 6.41. The summed E-state index contributed by atoms with van der Waals surface area (Å²) < 4.78 is 22.6. The van der Waals surface area contributed by atoms with Gasteiger partial charge in [-0.1, -0.05) is 39.5 Å². The number of unbranched alkanes of at least 4 members (excludes halogenated alkanes) is 2. The molecule has 0 aliphatic carbocycles. The van der Waals surface area contributed by atoms with Gasteiger partial charge in [0.15, 0.2) is 0 Å². The molecule has 13 heavy (non-hydrogen) atoms. The SMILES string of the molecule is CCCCCC(CCC)S(C)(=O)=O. The van der Waals surface area contributed by atoms with Gasteiger partial charge >= 0.3 is 0 Å². The van der Waals surface area contributed by atoms with E-state index in [0.717, 1.165) is 38.5 Å². The molecule has 1 atom stereocenters. The molecule has 0 fully saturated rings. The fraction of sp³-hybridized carbons (Fsp3) is 1.00. The fourth-order valence-corrected chi connectivity index (χ4v) is 2.78. The van der Waals surface area contributed by atoms with E-state index in [2.05, 4.69) is 6.92 Å². The van der Waals surface area contributed by atoms with Crippen LogP contribution in [0.3, 0.4) is 0 Å². The van der Waals surface area contributed by atoms with E-state index in [1.165, 1.54) is 6.26 Å². The van der Waals surface area contributed by atoms with Gasteiger partial charge in [-0.2, -0.15) is 0 Å². The van der Waals surface area contributed by atoms with Crippen molar-refractivity contribution in [2.45, 2.75) is 57.6 Å². The van der Waals surface area contributed by atoms with Gasteiger partial charge < -0.3 is 0 Å². The van der Waals surface area contributed by atoms with Gasteiger partial charge in [0.1, 0.15) is 9.84 Å². The van der Waals surface area contributed by atoms with Gasteiger partial charge in [0, 0.05) is 6.26 Å². The van der Waals surface area contributed by atoms with Crippen LogP contribution in [0.15, 0.2) is 0 Å². The van der Waals surface area contributed by atoms with Gasteiger partial charge in [-0.15, -0.1) is 0 Å². The van der Waals surface area contributed by atoms with Crippen molar-refractivity contribution in [3.63, 3.8) is 0 Å². The minimum absolute atomic E-state index is 0.0935. The van der Waals surface area contributed by atoms with Crippen LogP contribution in [0.1, 0.15) is 52.4 Å². The van der Waals surface area contributed by atoms with Crippen LogP contribution in [0.25, 0.3) is 0 Å². The maximum absolute atomic E-state index is 11.3. The summed E-state index contributed by atoms with van der Waals surface area (Å²) in [5.74, 6) is 0. The van der Waals surface area contributed by atoms with Crippen LogP contribution in [0.5, 0.6) is 0 Å². The Hall–Kier alpha value is -0.0500. The molecule has 0 radical (unpaired) electrons. The van der Waals surface area contributed by atoms with Gasteiger partial charge in [-0.25, -0.2) is 8.42 Å². The van der Waals surface area contributed by atoms with Crippen LogP contribution >= 0.6 is 0 Å². The zero-order chi connectivity index (χ0) is 10.3. The predicted octanol–water partition coefficient (Wildman–Crippen LogP) is 2.78. The lowest BCUT2D eigenvalue weighted by Crippen LogP contribution is -2.19. The molecule has 1 unspecified atom stereocenters. The van der Waals surface area contributed by atoms with Gasteiger partial charge in [-0.05, 0) is 12.8 Å². The lowest BCUT2D eigenvalue weighted by atomic mass is 10.1. The molecule has 0 aromatic carbocycles. The van der Waals surface area contributed by atoms with E-state index < -0.39 is 9.84 Å². The molecule has 0 spiro atoms. The number of sulfone groups is 1. The largest absolute Gasteiger partial charge is 0.229 e. The van der Waals surface area contributed by atoms with Crippen LogP contribution in [-0.2, 0) is 9.84 Å². The third kappa shape index (κ3) is 6.08. The van der Waals surface area contributed by atoms with E-state index >= 15 is 0 Å². The van der Waals surface area contributed by atoms with Gasteiger partial charge in [0.25, 0.3) is 0 Å². The van der Waals surface area contributed by atoms with Gasteiger partial charge in [-0.3, -0.25) is 0 Å². The molecule has 0 aromatic heterocycles. The van der Waals surface area contributed by atoms with Crippen LogP contribution in [0.4, 0.5) is 0 Å². The molecule has 0 heterocycles. The Labute approximate surface area is 82.6 Å². The van der Waals surface area contributed by atoms with E-state index in [9.17, 15) is 8.42 Å². The lowest BCUT2D eigenvalue weighted by molar-refractivity contribution is 0.547. The summed E-state index contributed by atoms with van der Waals surface area (Å²) in [6.07, 6.45) is 7.35. The third-order valence-corrected chi connectivity index (χ3v) is 4.03. The van der Waals surface area contributed by atoms with E-state index in [-0.39, 0.29) is 5.25 Å². The van der Waals surface area contributed by atoms with E-state index in [1.807, 2.05) is 6.92 Å². The lowest BCUT2D eigenvalue weighted by Gasteiger charge is -2.13. The molecule has 2 nitrogen and oxygen atoms in total. The predicted molar refractivity (Wildman–Crippen MR) is 57.7 cm³/mol. The number of hydrogen-bond acceptors (Lipinski definition) is 2. The summed E-state index contributed by atoms with van der Waals surface area (Å²) in [4.78, 5) is 0. The minimum atomic E-state index is -2.81. The normalized spacial score (nSPS) is 14.4. The van der Waals surface area contributed by atoms with Crippen molar-refractivity contribution in [1.29, 1.82) is 0 Å².